The van der Waals surface area contributed by atoms with Crippen molar-refractivity contribution in [2.45, 2.75) is 31.6 Å². The van der Waals surface area contributed by atoms with E-state index in [1.54, 1.807) is 7.11 Å². The zero-order valence-electron chi connectivity index (χ0n) is 17.7. The van der Waals surface area contributed by atoms with Crippen molar-refractivity contribution in [1.82, 2.24) is 10.3 Å². The summed E-state index contributed by atoms with van der Waals surface area (Å²) in [6, 6.07) is 16.5. The molecule has 0 unspecified atom stereocenters. The number of ether oxygens (including phenoxy) is 1. The van der Waals surface area contributed by atoms with Gasteiger partial charge in [0.1, 0.15) is 5.75 Å². The van der Waals surface area contributed by atoms with E-state index in [4.69, 9.17) is 4.74 Å². The van der Waals surface area contributed by atoms with Gasteiger partial charge in [-0.05, 0) is 55.0 Å². The Morgan fingerprint density at radius 2 is 1.80 bits per heavy atom. The van der Waals surface area contributed by atoms with Gasteiger partial charge in [0.2, 0.25) is 0 Å². The van der Waals surface area contributed by atoms with Crippen LogP contribution in [0.2, 0.25) is 0 Å². The van der Waals surface area contributed by atoms with E-state index >= 15 is 0 Å². The average molecular weight is 407 g/mol. The fraction of sp³-hybridized carbons (Fsp3) is 0.400. The zero-order chi connectivity index (χ0) is 20.8. The highest BCUT2D eigenvalue weighted by atomic mass is 16.5. The smallest absolute Gasteiger partial charge is 0.275 e. The second-order valence-corrected chi connectivity index (χ2v) is 8.26. The highest BCUT2D eigenvalue weighted by Crippen LogP contribution is 2.31. The zero-order valence-corrected chi connectivity index (χ0v) is 17.7. The normalized spacial score (nSPS) is 16.2. The molecule has 1 aliphatic rings. The Morgan fingerprint density at radius 3 is 2.53 bits per heavy atom. The van der Waals surface area contributed by atoms with Crippen molar-refractivity contribution in [2.75, 3.05) is 33.3 Å². The monoisotopic (exact) mass is 406 g/mol. The highest BCUT2D eigenvalue weighted by molar-refractivity contribution is 5.84. The van der Waals surface area contributed by atoms with E-state index in [1.165, 1.54) is 47.1 Å². The molecule has 1 fully saturated rings. The lowest BCUT2D eigenvalue weighted by Gasteiger charge is -2.20. The molecule has 1 amide bonds. The standard InChI is InChI=1S/C25H31N3O2/c1-30-20-12-10-19(11-13-20)22(23-17-26-24-9-5-4-8-21(23)24)16-27-25(29)18-28-14-6-2-3-7-15-28/h4-5,8-13,17,22,26H,2-3,6-7,14-16,18H2,1H3,(H,27,29)/p+1/t22-/m1/s1. The number of carbonyl (C=O) groups is 1. The van der Waals surface area contributed by atoms with Crippen LogP contribution in [-0.2, 0) is 4.79 Å². The lowest BCUT2D eigenvalue weighted by atomic mass is 9.90. The number of likely N-dealkylation sites (tertiary alicyclic amines) is 1. The minimum absolute atomic E-state index is 0.0788. The number of nitrogens with one attached hydrogen (secondary N) is 3. The van der Waals surface area contributed by atoms with Crippen molar-refractivity contribution in [2.24, 2.45) is 0 Å². The van der Waals surface area contributed by atoms with Crippen molar-refractivity contribution in [3.63, 3.8) is 0 Å². The van der Waals surface area contributed by atoms with E-state index < -0.39 is 0 Å². The summed E-state index contributed by atoms with van der Waals surface area (Å²) in [6.07, 6.45) is 7.13. The Hall–Kier alpha value is -2.79. The summed E-state index contributed by atoms with van der Waals surface area (Å²) in [5.41, 5.74) is 3.49. The van der Waals surface area contributed by atoms with Crippen LogP contribution in [0.15, 0.2) is 54.7 Å². The number of quaternary nitrogens is 1. The lowest BCUT2D eigenvalue weighted by Crippen LogP contribution is -3.13. The third-order valence-corrected chi connectivity index (χ3v) is 6.24. The Kier molecular flexibility index (Phi) is 6.70. The summed E-state index contributed by atoms with van der Waals surface area (Å²) in [4.78, 5) is 17.5. The molecule has 3 N–H and O–H groups in total. The van der Waals surface area contributed by atoms with E-state index in [-0.39, 0.29) is 11.8 Å². The summed E-state index contributed by atoms with van der Waals surface area (Å²) in [7, 11) is 1.68. The summed E-state index contributed by atoms with van der Waals surface area (Å²) in [5, 5.41) is 4.43. The van der Waals surface area contributed by atoms with Gasteiger partial charge < -0.3 is 19.9 Å². The molecule has 0 aliphatic carbocycles. The molecule has 1 saturated heterocycles. The highest BCUT2D eigenvalue weighted by Gasteiger charge is 2.21. The number of hydrogen-bond donors (Lipinski definition) is 3. The van der Waals surface area contributed by atoms with Crippen molar-refractivity contribution in [1.29, 1.82) is 0 Å². The molecule has 5 nitrogen and oxygen atoms in total. The fourth-order valence-electron chi connectivity index (χ4n) is 4.54. The van der Waals surface area contributed by atoms with Crippen molar-refractivity contribution in [3.05, 3.63) is 65.9 Å². The number of amides is 1. The van der Waals surface area contributed by atoms with Gasteiger partial charge in [-0.1, -0.05) is 30.3 Å². The predicted molar refractivity (Wildman–Crippen MR) is 120 cm³/mol. The minimum Gasteiger partial charge on any atom is -0.497 e. The number of aromatic nitrogens is 1. The van der Waals surface area contributed by atoms with Crippen molar-refractivity contribution in [3.8, 4) is 5.75 Å². The van der Waals surface area contributed by atoms with Gasteiger partial charge in [0.05, 0.1) is 20.2 Å². The molecule has 0 radical (unpaired) electrons. The maximum atomic E-state index is 12.7. The van der Waals surface area contributed by atoms with E-state index in [9.17, 15) is 4.79 Å². The molecule has 30 heavy (non-hydrogen) atoms. The van der Waals surface area contributed by atoms with Crippen LogP contribution in [0.5, 0.6) is 5.75 Å². The van der Waals surface area contributed by atoms with Gasteiger partial charge in [-0.3, -0.25) is 4.79 Å². The fourth-order valence-corrected chi connectivity index (χ4v) is 4.54. The van der Waals surface area contributed by atoms with Crippen molar-refractivity contribution >= 4 is 16.8 Å². The second kappa shape index (κ2) is 9.81. The molecule has 2 aromatic carbocycles. The number of methoxy groups -OCH3 is 1. The molecule has 0 bridgehead atoms. The second-order valence-electron chi connectivity index (χ2n) is 8.26. The Balaban J connectivity index is 1.52. The van der Waals surface area contributed by atoms with Crippen LogP contribution in [0.4, 0.5) is 0 Å². The Morgan fingerprint density at radius 1 is 1.07 bits per heavy atom. The summed E-state index contributed by atoms with van der Waals surface area (Å²) in [6.45, 7) is 3.37. The lowest BCUT2D eigenvalue weighted by molar-refractivity contribution is -0.891. The molecule has 1 aromatic heterocycles. The number of hydrogen-bond acceptors (Lipinski definition) is 2. The van der Waals surface area contributed by atoms with Crippen LogP contribution in [-0.4, -0.2) is 44.2 Å². The van der Waals surface area contributed by atoms with Crippen molar-refractivity contribution < 1.29 is 14.4 Å². The topological polar surface area (TPSA) is 58.6 Å². The van der Waals surface area contributed by atoms with Crippen LogP contribution in [0, 0.1) is 0 Å². The molecule has 4 rings (SSSR count). The third kappa shape index (κ3) is 4.85. The predicted octanol–water partition coefficient (Wildman–Crippen LogP) is 2.88. The molecular formula is C25H32N3O2+. The first kappa shape index (κ1) is 20.5. The van der Waals surface area contributed by atoms with Crippen LogP contribution in [0.3, 0.4) is 0 Å². The summed E-state index contributed by atoms with van der Waals surface area (Å²) in [5.74, 6) is 1.06. The number of H-pyrrole nitrogens is 1. The van der Waals surface area contributed by atoms with Gasteiger partial charge in [-0.2, -0.15) is 0 Å². The minimum atomic E-state index is 0.0788. The van der Waals surface area contributed by atoms with Gasteiger partial charge in [0, 0.05) is 29.6 Å². The number of aromatic amines is 1. The molecule has 3 aromatic rings. The first-order valence-corrected chi connectivity index (χ1v) is 11.0. The van der Waals surface area contributed by atoms with E-state index in [0.29, 0.717) is 13.1 Å². The quantitative estimate of drug-likeness (QED) is 0.565. The molecule has 5 heteroatoms. The SMILES string of the molecule is COc1ccc([C@@H](CNC(=O)C[NH+]2CCCCCC2)c2c[nH]c3ccccc23)cc1. The summed E-state index contributed by atoms with van der Waals surface area (Å²) < 4.78 is 5.32. The largest absolute Gasteiger partial charge is 0.497 e. The Labute approximate surface area is 178 Å². The molecule has 0 spiro atoms. The van der Waals surface area contributed by atoms with E-state index in [2.05, 4.69) is 46.8 Å². The maximum Gasteiger partial charge on any atom is 0.275 e. The van der Waals surface area contributed by atoms with Crippen LogP contribution in [0.25, 0.3) is 10.9 Å². The molecule has 2 heterocycles. The molecule has 1 atom stereocenters. The van der Waals surface area contributed by atoms with Gasteiger partial charge in [-0.25, -0.2) is 0 Å². The first-order chi connectivity index (χ1) is 14.7. The molecule has 158 valence electrons. The average Bonchev–Trinajstić information content (AvgIpc) is 3.03. The molecular weight excluding hydrogens is 374 g/mol. The van der Waals surface area contributed by atoms with E-state index in [1.807, 2.05) is 18.2 Å². The van der Waals surface area contributed by atoms with E-state index in [0.717, 1.165) is 24.4 Å². The third-order valence-electron chi connectivity index (χ3n) is 6.24. The number of rotatable bonds is 7. The van der Waals surface area contributed by atoms with Gasteiger partial charge in [-0.15, -0.1) is 0 Å². The van der Waals surface area contributed by atoms with Crippen LogP contribution < -0.4 is 15.0 Å². The summed E-state index contributed by atoms with van der Waals surface area (Å²) >= 11 is 0. The number of para-hydroxylation sites is 1. The number of carbonyl (C=O) groups excluding carboxylic acids is 1. The number of benzene rings is 2. The molecule has 0 saturated carbocycles. The maximum absolute atomic E-state index is 12.7. The van der Waals surface area contributed by atoms with Gasteiger partial charge in [0.25, 0.3) is 5.91 Å². The molecule has 1 aliphatic heterocycles. The number of fused-ring (bicyclic) bond motifs is 1. The van der Waals surface area contributed by atoms with Crippen LogP contribution in [0.1, 0.15) is 42.7 Å². The van der Waals surface area contributed by atoms with Crippen LogP contribution >= 0.6 is 0 Å². The van der Waals surface area contributed by atoms with Gasteiger partial charge >= 0.3 is 0 Å². The first-order valence-electron chi connectivity index (χ1n) is 11.0. The Bertz CT molecular complexity index is 956. The van der Waals surface area contributed by atoms with Gasteiger partial charge in [0.15, 0.2) is 6.54 Å².